The van der Waals surface area contributed by atoms with Gasteiger partial charge in [0.05, 0.1) is 6.26 Å². The van der Waals surface area contributed by atoms with Gasteiger partial charge in [-0.3, -0.25) is 4.79 Å². The van der Waals surface area contributed by atoms with E-state index in [4.69, 9.17) is 4.42 Å². The van der Waals surface area contributed by atoms with Crippen molar-refractivity contribution in [3.05, 3.63) is 24.2 Å². The van der Waals surface area contributed by atoms with Crippen molar-refractivity contribution < 1.29 is 9.21 Å². The Balaban J connectivity index is 0.00000400. The highest BCUT2D eigenvalue weighted by Crippen LogP contribution is 1.99. The highest BCUT2D eigenvalue weighted by Gasteiger charge is 2.04. The Labute approximate surface area is 143 Å². The third-order valence-electron chi connectivity index (χ3n) is 2.66. The fourth-order valence-corrected chi connectivity index (χ4v) is 1.46. The number of aliphatic imine (C=N–C) groups is 1. The summed E-state index contributed by atoms with van der Waals surface area (Å²) in [5, 5.41) is 6.38. The molecular formula is C14H25IN4O2. The molecule has 0 radical (unpaired) electrons. The first kappa shape index (κ1) is 19.8. The topological polar surface area (TPSA) is 69.9 Å². The lowest BCUT2D eigenvalue weighted by Crippen LogP contribution is -2.39. The fourth-order valence-electron chi connectivity index (χ4n) is 1.46. The van der Waals surface area contributed by atoms with Crippen molar-refractivity contribution in [2.45, 2.75) is 19.8 Å². The molecule has 0 aliphatic rings. The number of amides is 1. The zero-order valence-corrected chi connectivity index (χ0v) is 15.2. The first-order chi connectivity index (χ1) is 9.63. The summed E-state index contributed by atoms with van der Waals surface area (Å²) < 4.78 is 5.27. The summed E-state index contributed by atoms with van der Waals surface area (Å²) in [6.45, 7) is 3.76. The number of hydrogen-bond acceptors (Lipinski definition) is 3. The number of halogens is 1. The first-order valence-electron chi connectivity index (χ1n) is 6.88. The molecule has 0 aliphatic heterocycles. The van der Waals surface area contributed by atoms with Crippen LogP contribution in [0.25, 0.3) is 0 Å². The maximum Gasteiger partial charge on any atom is 0.243 e. The number of nitrogens with one attached hydrogen (secondary N) is 2. The SMILES string of the molecule is CCCNC(=NCC(=O)N(C)C)NCCc1ccco1.I. The van der Waals surface area contributed by atoms with Crippen LogP contribution in [0.4, 0.5) is 0 Å². The van der Waals surface area contributed by atoms with Gasteiger partial charge in [-0.1, -0.05) is 6.92 Å². The van der Waals surface area contributed by atoms with Gasteiger partial charge in [0.15, 0.2) is 5.96 Å². The molecule has 2 N–H and O–H groups in total. The second-order valence-corrected chi connectivity index (χ2v) is 4.64. The van der Waals surface area contributed by atoms with E-state index in [9.17, 15) is 4.79 Å². The van der Waals surface area contributed by atoms with Crippen molar-refractivity contribution >= 4 is 35.8 Å². The van der Waals surface area contributed by atoms with Crippen molar-refractivity contribution in [2.24, 2.45) is 4.99 Å². The van der Waals surface area contributed by atoms with E-state index in [-0.39, 0.29) is 36.4 Å². The van der Waals surface area contributed by atoms with Crippen LogP contribution in [0, 0.1) is 0 Å². The summed E-state index contributed by atoms with van der Waals surface area (Å²) in [5.74, 6) is 1.57. The molecule has 0 aliphatic carbocycles. The molecule has 120 valence electrons. The Kier molecular flexibility index (Phi) is 10.7. The third kappa shape index (κ3) is 8.59. The Bertz CT molecular complexity index is 419. The van der Waals surface area contributed by atoms with E-state index in [1.807, 2.05) is 12.1 Å². The van der Waals surface area contributed by atoms with Gasteiger partial charge in [-0.25, -0.2) is 4.99 Å². The molecule has 21 heavy (non-hydrogen) atoms. The average Bonchev–Trinajstić information content (AvgIpc) is 2.93. The molecule has 0 aromatic carbocycles. The van der Waals surface area contributed by atoms with Crippen LogP contribution >= 0.6 is 24.0 Å². The third-order valence-corrected chi connectivity index (χ3v) is 2.66. The van der Waals surface area contributed by atoms with Crippen molar-refractivity contribution in [1.29, 1.82) is 0 Å². The normalized spacial score (nSPS) is 10.7. The van der Waals surface area contributed by atoms with E-state index in [1.165, 1.54) is 4.90 Å². The van der Waals surface area contributed by atoms with Crippen molar-refractivity contribution in [3.8, 4) is 0 Å². The van der Waals surface area contributed by atoms with Crippen molar-refractivity contribution in [2.75, 3.05) is 33.7 Å². The molecule has 7 heteroatoms. The van der Waals surface area contributed by atoms with E-state index < -0.39 is 0 Å². The quantitative estimate of drug-likeness (QED) is 0.408. The smallest absolute Gasteiger partial charge is 0.243 e. The molecule has 1 amide bonds. The Hall–Kier alpha value is -1.25. The molecule has 0 spiro atoms. The summed E-state index contributed by atoms with van der Waals surface area (Å²) in [4.78, 5) is 17.3. The first-order valence-corrected chi connectivity index (χ1v) is 6.88. The van der Waals surface area contributed by atoms with Gasteiger partial charge in [-0.05, 0) is 18.6 Å². The molecule has 0 bridgehead atoms. The molecule has 0 unspecified atom stereocenters. The summed E-state index contributed by atoms with van der Waals surface area (Å²) in [6.07, 6.45) is 3.44. The maximum atomic E-state index is 11.5. The highest BCUT2D eigenvalue weighted by molar-refractivity contribution is 14.0. The Morgan fingerprint density at radius 3 is 2.62 bits per heavy atom. The standard InChI is InChI=1S/C14H24N4O2.HI/c1-4-8-15-14(17-11-13(19)18(2)3)16-9-7-12-6-5-10-20-12;/h5-6,10H,4,7-9,11H2,1-3H3,(H2,15,16,17);1H. The second kappa shape index (κ2) is 11.4. The van der Waals surface area contributed by atoms with Crippen LogP contribution in [-0.2, 0) is 11.2 Å². The second-order valence-electron chi connectivity index (χ2n) is 4.64. The van der Waals surface area contributed by atoms with Gasteiger partial charge < -0.3 is 20.0 Å². The number of nitrogens with zero attached hydrogens (tertiary/aromatic N) is 2. The maximum absolute atomic E-state index is 11.5. The van der Waals surface area contributed by atoms with Crippen LogP contribution in [0.3, 0.4) is 0 Å². The average molecular weight is 408 g/mol. The molecule has 0 fully saturated rings. The van der Waals surface area contributed by atoms with Crippen LogP contribution in [0.5, 0.6) is 0 Å². The van der Waals surface area contributed by atoms with Crippen LogP contribution < -0.4 is 10.6 Å². The van der Waals surface area contributed by atoms with Crippen LogP contribution in [0.2, 0.25) is 0 Å². The van der Waals surface area contributed by atoms with Gasteiger partial charge in [0.25, 0.3) is 0 Å². The lowest BCUT2D eigenvalue weighted by atomic mass is 10.3. The van der Waals surface area contributed by atoms with E-state index in [1.54, 1.807) is 20.4 Å². The predicted molar refractivity (Wildman–Crippen MR) is 95.1 cm³/mol. The van der Waals surface area contributed by atoms with Crippen LogP contribution in [0.1, 0.15) is 19.1 Å². The number of guanidine groups is 1. The van der Waals surface area contributed by atoms with Gasteiger partial charge in [0.1, 0.15) is 12.3 Å². The zero-order valence-electron chi connectivity index (χ0n) is 12.9. The molecule has 1 heterocycles. The number of carbonyl (C=O) groups is 1. The minimum absolute atomic E-state index is 0. The molecule has 1 aromatic rings. The number of hydrogen-bond donors (Lipinski definition) is 2. The van der Waals surface area contributed by atoms with Gasteiger partial charge in [0.2, 0.25) is 5.91 Å². The molecule has 1 rings (SSSR count). The number of rotatable bonds is 7. The largest absolute Gasteiger partial charge is 0.469 e. The highest BCUT2D eigenvalue weighted by atomic mass is 127. The van der Waals surface area contributed by atoms with E-state index in [2.05, 4.69) is 22.5 Å². The number of likely N-dealkylation sites (N-methyl/N-ethyl adjacent to an activating group) is 1. The van der Waals surface area contributed by atoms with Gasteiger partial charge in [-0.2, -0.15) is 0 Å². The summed E-state index contributed by atoms with van der Waals surface area (Å²) in [7, 11) is 3.45. The van der Waals surface area contributed by atoms with Crippen molar-refractivity contribution in [1.82, 2.24) is 15.5 Å². The van der Waals surface area contributed by atoms with Crippen LogP contribution in [-0.4, -0.2) is 50.5 Å². The number of furan rings is 1. The van der Waals surface area contributed by atoms with E-state index in [0.717, 1.165) is 25.1 Å². The van der Waals surface area contributed by atoms with Gasteiger partial charge in [0, 0.05) is 33.6 Å². The predicted octanol–water partition coefficient (Wildman–Crippen LogP) is 1.47. The minimum Gasteiger partial charge on any atom is -0.469 e. The molecule has 1 aromatic heterocycles. The summed E-state index contributed by atoms with van der Waals surface area (Å²) >= 11 is 0. The summed E-state index contributed by atoms with van der Waals surface area (Å²) in [5.41, 5.74) is 0. The Morgan fingerprint density at radius 2 is 2.05 bits per heavy atom. The monoisotopic (exact) mass is 408 g/mol. The van der Waals surface area contributed by atoms with E-state index in [0.29, 0.717) is 12.5 Å². The molecule has 0 saturated carbocycles. The van der Waals surface area contributed by atoms with Gasteiger partial charge in [-0.15, -0.1) is 24.0 Å². The molecule has 6 nitrogen and oxygen atoms in total. The van der Waals surface area contributed by atoms with Gasteiger partial charge >= 0.3 is 0 Å². The lowest BCUT2D eigenvalue weighted by molar-refractivity contribution is -0.127. The minimum atomic E-state index is -0.0198. The fraction of sp³-hybridized carbons (Fsp3) is 0.571. The number of carbonyl (C=O) groups excluding carboxylic acids is 1. The Morgan fingerprint density at radius 1 is 1.33 bits per heavy atom. The molecule has 0 atom stereocenters. The summed E-state index contributed by atoms with van der Waals surface area (Å²) in [6, 6.07) is 3.81. The van der Waals surface area contributed by atoms with Crippen molar-refractivity contribution in [3.63, 3.8) is 0 Å². The lowest BCUT2D eigenvalue weighted by Gasteiger charge is -2.12. The molecule has 0 saturated heterocycles. The molecular weight excluding hydrogens is 383 g/mol. The van der Waals surface area contributed by atoms with E-state index >= 15 is 0 Å². The van der Waals surface area contributed by atoms with Crippen LogP contribution in [0.15, 0.2) is 27.8 Å². The zero-order chi connectivity index (χ0) is 14.8.